The summed E-state index contributed by atoms with van der Waals surface area (Å²) in [6, 6.07) is 0. The van der Waals surface area contributed by atoms with Gasteiger partial charge in [-0.25, -0.2) is 0 Å². The van der Waals surface area contributed by atoms with Crippen LogP contribution in [0.4, 0.5) is 0 Å². The van der Waals surface area contributed by atoms with E-state index in [2.05, 4.69) is 0 Å². The molecule has 0 radical (unpaired) electrons. The lowest BCUT2D eigenvalue weighted by Crippen LogP contribution is -2.21. The molecule has 0 amide bonds. The Kier molecular flexibility index (Phi) is 8.27. The molecule has 0 aliphatic carbocycles. The second kappa shape index (κ2) is 8.64. The Labute approximate surface area is 90.6 Å². The Balaban J connectivity index is 3.48. The molecule has 0 heterocycles. The van der Waals surface area contributed by atoms with E-state index in [1.165, 1.54) is 0 Å². The van der Waals surface area contributed by atoms with Crippen molar-refractivity contribution < 1.29 is 19.7 Å². The number of nitrogens with zero attached hydrogens (tertiary/aromatic N) is 1. The lowest BCUT2D eigenvalue weighted by atomic mass is 10.2. The molecular formula is C10H21NO4. The van der Waals surface area contributed by atoms with E-state index in [-0.39, 0.29) is 31.7 Å². The van der Waals surface area contributed by atoms with Crippen LogP contribution in [0.1, 0.15) is 12.8 Å². The summed E-state index contributed by atoms with van der Waals surface area (Å²) in [6.45, 7) is 0.606. The van der Waals surface area contributed by atoms with Gasteiger partial charge in [0.1, 0.15) is 0 Å². The van der Waals surface area contributed by atoms with Crippen molar-refractivity contribution >= 4 is 5.97 Å². The van der Waals surface area contributed by atoms with Gasteiger partial charge in [-0.05, 0) is 27.1 Å². The number of rotatable bonds is 8. The van der Waals surface area contributed by atoms with Crippen molar-refractivity contribution in [1.29, 1.82) is 0 Å². The van der Waals surface area contributed by atoms with Gasteiger partial charge >= 0.3 is 5.97 Å². The molecule has 0 aromatic carbocycles. The third-order valence-electron chi connectivity index (χ3n) is 1.98. The highest BCUT2D eigenvalue weighted by Crippen LogP contribution is 1.99. The monoisotopic (exact) mass is 219 g/mol. The SMILES string of the molecule is CN(C)CCCC(=O)OCC(CO)CO. The summed E-state index contributed by atoms with van der Waals surface area (Å²) in [6.07, 6.45) is 1.14. The Morgan fingerprint density at radius 2 is 1.93 bits per heavy atom. The first-order chi connectivity index (χ1) is 7.10. The van der Waals surface area contributed by atoms with E-state index in [1.54, 1.807) is 0 Å². The van der Waals surface area contributed by atoms with Crippen molar-refractivity contribution in [3.05, 3.63) is 0 Å². The van der Waals surface area contributed by atoms with Gasteiger partial charge in [0.15, 0.2) is 0 Å². The lowest BCUT2D eigenvalue weighted by molar-refractivity contribution is -0.146. The first-order valence-corrected chi connectivity index (χ1v) is 5.12. The molecule has 0 saturated heterocycles. The summed E-state index contributed by atoms with van der Waals surface area (Å²) >= 11 is 0. The highest BCUT2D eigenvalue weighted by molar-refractivity contribution is 5.69. The maximum Gasteiger partial charge on any atom is 0.305 e. The Morgan fingerprint density at radius 1 is 1.33 bits per heavy atom. The van der Waals surface area contributed by atoms with Crippen molar-refractivity contribution in [2.75, 3.05) is 40.5 Å². The highest BCUT2D eigenvalue weighted by atomic mass is 16.5. The van der Waals surface area contributed by atoms with Crippen LogP contribution in [-0.4, -0.2) is 61.5 Å². The van der Waals surface area contributed by atoms with Crippen LogP contribution in [0, 0.1) is 5.92 Å². The van der Waals surface area contributed by atoms with E-state index in [0.29, 0.717) is 6.42 Å². The molecule has 0 rings (SSSR count). The zero-order valence-electron chi connectivity index (χ0n) is 9.48. The van der Waals surface area contributed by atoms with Crippen LogP contribution in [0.2, 0.25) is 0 Å². The molecule has 0 aliphatic rings. The van der Waals surface area contributed by atoms with Crippen molar-refractivity contribution in [3.8, 4) is 0 Å². The average molecular weight is 219 g/mol. The minimum Gasteiger partial charge on any atom is -0.465 e. The van der Waals surface area contributed by atoms with Gasteiger partial charge in [-0.2, -0.15) is 0 Å². The second-order valence-electron chi connectivity index (χ2n) is 3.82. The van der Waals surface area contributed by atoms with Crippen molar-refractivity contribution in [1.82, 2.24) is 4.90 Å². The number of carbonyl (C=O) groups excluding carboxylic acids is 1. The predicted octanol–water partition coefficient (Wildman–Crippen LogP) is -0.528. The fraction of sp³-hybridized carbons (Fsp3) is 0.900. The molecule has 0 spiro atoms. The van der Waals surface area contributed by atoms with Gasteiger partial charge < -0.3 is 19.8 Å². The maximum absolute atomic E-state index is 11.2. The number of ether oxygens (including phenoxy) is 1. The molecule has 0 fully saturated rings. The van der Waals surface area contributed by atoms with E-state index >= 15 is 0 Å². The average Bonchev–Trinajstić information content (AvgIpc) is 2.18. The molecule has 0 atom stereocenters. The summed E-state index contributed by atoms with van der Waals surface area (Å²) in [7, 11) is 3.89. The van der Waals surface area contributed by atoms with E-state index in [9.17, 15) is 4.79 Å². The molecule has 0 aromatic rings. The molecule has 0 aliphatic heterocycles. The third-order valence-corrected chi connectivity index (χ3v) is 1.98. The largest absolute Gasteiger partial charge is 0.465 e. The molecule has 0 unspecified atom stereocenters. The summed E-state index contributed by atoms with van der Waals surface area (Å²) in [5.74, 6) is -0.633. The number of carbonyl (C=O) groups is 1. The number of hydrogen-bond acceptors (Lipinski definition) is 5. The lowest BCUT2D eigenvalue weighted by Gasteiger charge is -2.12. The Bertz CT molecular complexity index is 169. The van der Waals surface area contributed by atoms with Crippen LogP contribution < -0.4 is 0 Å². The smallest absolute Gasteiger partial charge is 0.305 e. The van der Waals surface area contributed by atoms with E-state index < -0.39 is 0 Å². The molecule has 0 saturated carbocycles. The van der Waals surface area contributed by atoms with Crippen LogP contribution in [0.15, 0.2) is 0 Å². The van der Waals surface area contributed by atoms with Crippen LogP contribution in [-0.2, 0) is 9.53 Å². The van der Waals surface area contributed by atoms with E-state index in [4.69, 9.17) is 14.9 Å². The van der Waals surface area contributed by atoms with E-state index in [1.807, 2.05) is 19.0 Å². The Morgan fingerprint density at radius 3 is 2.40 bits per heavy atom. The Hall–Kier alpha value is -0.650. The van der Waals surface area contributed by atoms with Gasteiger partial charge in [0.2, 0.25) is 0 Å². The predicted molar refractivity (Wildman–Crippen MR) is 56.4 cm³/mol. The zero-order valence-corrected chi connectivity index (χ0v) is 9.48. The number of hydrogen-bond donors (Lipinski definition) is 2. The van der Waals surface area contributed by atoms with Gasteiger partial charge in [0, 0.05) is 12.3 Å². The van der Waals surface area contributed by atoms with Crippen LogP contribution >= 0.6 is 0 Å². The molecule has 5 nitrogen and oxygen atoms in total. The number of aliphatic hydroxyl groups excluding tert-OH is 2. The summed E-state index contributed by atoms with van der Waals surface area (Å²) in [4.78, 5) is 13.2. The van der Waals surface area contributed by atoms with Crippen LogP contribution in [0.5, 0.6) is 0 Å². The van der Waals surface area contributed by atoms with Crippen molar-refractivity contribution in [2.24, 2.45) is 5.92 Å². The van der Waals surface area contributed by atoms with Gasteiger partial charge in [0.25, 0.3) is 0 Å². The first kappa shape index (κ1) is 14.3. The molecule has 2 N–H and O–H groups in total. The fourth-order valence-electron chi connectivity index (χ4n) is 0.986. The number of aliphatic hydroxyl groups is 2. The van der Waals surface area contributed by atoms with Crippen molar-refractivity contribution in [3.63, 3.8) is 0 Å². The minimum absolute atomic E-state index is 0.0911. The minimum atomic E-state index is -0.359. The first-order valence-electron chi connectivity index (χ1n) is 5.12. The summed E-state index contributed by atoms with van der Waals surface area (Å²) in [5.41, 5.74) is 0. The fourth-order valence-corrected chi connectivity index (χ4v) is 0.986. The quantitative estimate of drug-likeness (QED) is 0.537. The van der Waals surface area contributed by atoms with Crippen LogP contribution in [0.25, 0.3) is 0 Å². The highest BCUT2D eigenvalue weighted by Gasteiger charge is 2.09. The molecule has 15 heavy (non-hydrogen) atoms. The standard InChI is InChI=1S/C10H21NO4/c1-11(2)5-3-4-10(14)15-8-9(6-12)7-13/h9,12-13H,3-8H2,1-2H3. The van der Waals surface area contributed by atoms with Gasteiger partial charge in [0.05, 0.1) is 19.8 Å². The van der Waals surface area contributed by atoms with Gasteiger partial charge in [-0.3, -0.25) is 4.79 Å². The second-order valence-corrected chi connectivity index (χ2v) is 3.82. The molecule has 0 aromatic heterocycles. The zero-order chi connectivity index (χ0) is 11.7. The molecular weight excluding hydrogens is 198 g/mol. The van der Waals surface area contributed by atoms with Gasteiger partial charge in [-0.15, -0.1) is 0 Å². The molecule has 90 valence electrons. The maximum atomic E-state index is 11.2. The molecule has 0 bridgehead atoms. The summed E-state index contributed by atoms with van der Waals surface area (Å²) in [5, 5.41) is 17.5. The third kappa shape index (κ3) is 8.35. The van der Waals surface area contributed by atoms with Gasteiger partial charge in [-0.1, -0.05) is 0 Å². The summed E-state index contributed by atoms with van der Waals surface area (Å²) < 4.78 is 4.89. The normalized spacial score (nSPS) is 11.1. The topological polar surface area (TPSA) is 70.0 Å². The van der Waals surface area contributed by atoms with Crippen LogP contribution in [0.3, 0.4) is 0 Å². The molecule has 5 heteroatoms. The van der Waals surface area contributed by atoms with E-state index in [0.717, 1.165) is 13.0 Å². The number of esters is 1. The van der Waals surface area contributed by atoms with Crippen molar-refractivity contribution in [2.45, 2.75) is 12.8 Å².